The van der Waals surface area contributed by atoms with E-state index < -0.39 is 0 Å². The number of piperidine rings is 1. The van der Waals surface area contributed by atoms with E-state index in [1.54, 1.807) is 0 Å². The predicted molar refractivity (Wildman–Crippen MR) is 96.6 cm³/mol. The number of carbonyl (C=O) groups is 1. The molecule has 1 aromatic rings. The number of anilines is 1. The van der Waals surface area contributed by atoms with Crippen molar-refractivity contribution in [2.45, 2.75) is 46.1 Å². The fourth-order valence-corrected chi connectivity index (χ4v) is 3.23. The van der Waals surface area contributed by atoms with Crippen LogP contribution in [0.4, 0.5) is 5.69 Å². The van der Waals surface area contributed by atoms with Gasteiger partial charge in [0.25, 0.3) is 0 Å². The summed E-state index contributed by atoms with van der Waals surface area (Å²) >= 11 is 0. The zero-order valence-corrected chi connectivity index (χ0v) is 14.8. The van der Waals surface area contributed by atoms with Gasteiger partial charge in [0.05, 0.1) is 0 Å². The van der Waals surface area contributed by atoms with Crippen molar-refractivity contribution in [1.29, 1.82) is 0 Å². The molecule has 2 rings (SSSR count). The van der Waals surface area contributed by atoms with Crippen molar-refractivity contribution in [3.8, 4) is 0 Å². The van der Waals surface area contributed by atoms with E-state index in [1.807, 2.05) is 18.2 Å². The Morgan fingerprint density at radius 1 is 1.22 bits per heavy atom. The highest BCUT2D eigenvalue weighted by molar-refractivity contribution is 5.88. The van der Waals surface area contributed by atoms with Crippen molar-refractivity contribution in [2.24, 2.45) is 5.92 Å². The third kappa shape index (κ3) is 6.32. The Morgan fingerprint density at radius 3 is 2.65 bits per heavy atom. The maximum atomic E-state index is 11.2. The van der Waals surface area contributed by atoms with Gasteiger partial charge in [-0.2, -0.15) is 0 Å². The highest BCUT2D eigenvalue weighted by atomic mass is 16.1. The van der Waals surface area contributed by atoms with E-state index in [0.717, 1.165) is 12.2 Å². The van der Waals surface area contributed by atoms with Gasteiger partial charge in [-0.05, 0) is 63.0 Å². The molecule has 0 saturated carbocycles. The molecular formula is C19H31N3O. The molecular weight excluding hydrogens is 286 g/mol. The molecule has 2 N–H and O–H groups in total. The van der Waals surface area contributed by atoms with Crippen molar-refractivity contribution >= 4 is 11.6 Å². The third-order valence-corrected chi connectivity index (χ3v) is 4.50. The monoisotopic (exact) mass is 317 g/mol. The average molecular weight is 317 g/mol. The molecule has 0 spiro atoms. The van der Waals surface area contributed by atoms with Gasteiger partial charge in [0.2, 0.25) is 5.91 Å². The van der Waals surface area contributed by atoms with Crippen LogP contribution >= 0.6 is 0 Å². The van der Waals surface area contributed by atoms with Crippen LogP contribution in [0.5, 0.6) is 0 Å². The van der Waals surface area contributed by atoms with Gasteiger partial charge in [-0.1, -0.05) is 25.5 Å². The van der Waals surface area contributed by atoms with Gasteiger partial charge in [0, 0.05) is 25.2 Å². The minimum absolute atomic E-state index is 0.0297. The molecule has 1 aliphatic rings. The molecule has 1 aromatic carbocycles. The van der Waals surface area contributed by atoms with Crippen LogP contribution in [0.3, 0.4) is 0 Å². The van der Waals surface area contributed by atoms with Crippen molar-refractivity contribution < 1.29 is 4.79 Å². The summed E-state index contributed by atoms with van der Waals surface area (Å²) in [4.78, 5) is 13.8. The topological polar surface area (TPSA) is 44.4 Å². The number of nitrogens with zero attached hydrogens (tertiary/aromatic N) is 1. The summed E-state index contributed by atoms with van der Waals surface area (Å²) in [7, 11) is 0. The second-order valence-electron chi connectivity index (χ2n) is 6.90. The Bertz CT molecular complexity index is 497. The summed E-state index contributed by atoms with van der Waals surface area (Å²) in [5.74, 6) is 0.618. The van der Waals surface area contributed by atoms with Crippen LogP contribution in [-0.4, -0.2) is 37.0 Å². The first-order valence-corrected chi connectivity index (χ1v) is 8.88. The highest BCUT2D eigenvalue weighted by Gasteiger charge is 2.14. The Labute approximate surface area is 140 Å². The number of nitrogens with one attached hydrogen (secondary N) is 2. The molecule has 0 radical (unpaired) electrons. The van der Waals surface area contributed by atoms with Gasteiger partial charge in [0.1, 0.15) is 0 Å². The van der Waals surface area contributed by atoms with Gasteiger partial charge in [-0.3, -0.25) is 4.79 Å². The van der Waals surface area contributed by atoms with Crippen LogP contribution < -0.4 is 10.6 Å². The molecule has 4 heteroatoms. The Morgan fingerprint density at radius 2 is 1.96 bits per heavy atom. The van der Waals surface area contributed by atoms with Gasteiger partial charge < -0.3 is 15.5 Å². The summed E-state index contributed by atoms with van der Waals surface area (Å²) in [6.45, 7) is 10.8. The van der Waals surface area contributed by atoms with Crippen molar-refractivity contribution in [3.05, 3.63) is 29.8 Å². The lowest BCUT2D eigenvalue weighted by molar-refractivity contribution is -0.114. The number of hydrogen-bond donors (Lipinski definition) is 2. The van der Waals surface area contributed by atoms with E-state index in [-0.39, 0.29) is 11.9 Å². The van der Waals surface area contributed by atoms with Gasteiger partial charge in [-0.15, -0.1) is 0 Å². The molecule has 0 aliphatic carbocycles. The molecule has 2 unspecified atom stereocenters. The maximum absolute atomic E-state index is 11.2. The van der Waals surface area contributed by atoms with Crippen molar-refractivity contribution in [2.75, 3.05) is 31.5 Å². The first kappa shape index (κ1) is 18.0. The summed E-state index contributed by atoms with van der Waals surface area (Å²) in [6.07, 6.45) is 4.10. The standard InChI is InChI=1S/C19H31N3O/c1-15(14-22-10-5-4-6-11-22)13-20-16(2)18-8-7-9-19(12-18)21-17(3)23/h7-9,12,15-16,20H,4-6,10-11,13-14H2,1-3H3,(H,21,23). The van der Waals surface area contributed by atoms with Crippen molar-refractivity contribution in [3.63, 3.8) is 0 Å². The molecule has 2 atom stereocenters. The first-order valence-electron chi connectivity index (χ1n) is 8.88. The predicted octanol–water partition coefficient (Wildman–Crippen LogP) is 3.42. The lowest BCUT2D eigenvalue weighted by Crippen LogP contribution is -2.37. The average Bonchev–Trinajstić information content (AvgIpc) is 2.53. The second kappa shape index (κ2) is 9.04. The SMILES string of the molecule is CC(=O)Nc1cccc(C(C)NCC(C)CN2CCCCC2)c1. The molecule has 0 aromatic heterocycles. The minimum atomic E-state index is -0.0297. The lowest BCUT2D eigenvalue weighted by atomic mass is 10.0. The first-order chi connectivity index (χ1) is 11.0. The van der Waals surface area contributed by atoms with Crippen LogP contribution in [0.2, 0.25) is 0 Å². The molecule has 1 amide bonds. The number of rotatable bonds is 7. The van der Waals surface area contributed by atoms with Crippen LogP contribution in [0.1, 0.15) is 51.6 Å². The van der Waals surface area contributed by atoms with E-state index in [2.05, 4.69) is 35.4 Å². The molecule has 1 saturated heterocycles. The highest BCUT2D eigenvalue weighted by Crippen LogP contribution is 2.18. The summed E-state index contributed by atoms with van der Waals surface area (Å²) in [5.41, 5.74) is 2.08. The van der Waals surface area contributed by atoms with Crippen LogP contribution in [0.25, 0.3) is 0 Å². The number of amides is 1. The smallest absolute Gasteiger partial charge is 0.221 e. The molecule has 0 bridgehead atoms. The normalized spacial score (nSPS) is 18.4. The van der Waals surface area contributed by atoms with Gasteiger partial charge in [0.15, 0.2) is 0 Å². The quantitative estimate of drug-likeness (QED) is 0.810. The third-order valence-electron chi connectivity index (χ3n) is 4.50. The number of carbonyl (C=O) groups excluding carboxylic acids is 1. The summed E-state index contributed by atoms with van der Waals surface area (Å²) in [5, 5.41) is 6.48. The fraction of sp³-hybridized carbons (Fsp3) is 0.632. The summed E-state index contributed by atoms with van der Waals surface area (Å²) in [6, 6.07) is 8.37. The molecule has 1 fully saturated rings. The van der Waals surface area contributed by atoms with E-state index in [0.29, 0.717) is 5.92 Å². The number of hydrogen-bond acceptors (Lipinski definition) is 3. The van der Waals surface area contributed by atoms with E-state index in [9.17, 15) is 4.79 Å². The Balaban J connectivity index is 1.79. The van der Waals surface area contributed by atoms with Gasteiger partial charge in [-0.25, -0.2) is 0 Å². The fourth-order valence-electron chi connectivity index (χ4n) is 3.23. The Hall–Kier alpha value is -1.39. The zero-order chi connectivity index (χ0) is 16.7. The largest absolute Gasteiger partial charge is 0.326 e. The molecule has 4 nitrogen and oxygen atoms in total. The van der Waals surface area contributed by atoms with Crippen molar-refractivity contribution in [1.82, 2.24) is 10.2 Å². The number of likely N-dealkylation sites (tertiary alicyclic amines) is 1. The summed E-state index contributed by atoms with van der Waals surface area (Å²) < 4.78 is 0. The molecule has 1 aliphatic heterocycles. The number of benzene rings is 1. The van der Waals surface area contributed by atoms with Crippen LogP contribution in [0, 0.1) is 5.92 Å². The molecule has 128 valence electrons. The molecule has 23 heavy (non-hydrogen) atoms. The molecule has 1 heterocycles. The second-order valence-corrected chi connectivity index (χ2v) is 6.90. The zero-order valence-electron chi connectivity index (χ0n) is 14.8. The van der Waals surface area contributed by atoms with Crippen LogP contribution in [0.15, 0.2) is 24.3 Å². The minimum Gasteiger partial charge on any atom is -0.326 e. The Kier molecular flexibility index (Phi) is 7.06. The van der Waals surface area contributed by atoms with E-state index >= 15 is 0 Å². The van der Waals surface area contributed by atoms with Crippen LogP contribution in [-0.2, 0) is 4.79 Å². The lowest BCUT2D eigenvalue weighted by Gasteiger charge is -2.29. The van der Waals surface area contributed by atoms with E-state index in [4.69, 9.17) is 0 Å². The van der Waals surface area contributed by atoms with Gasteiger partial charge >= 0.3 is 0 Å². The maximum Gasteiger partial charge on any atom is 0.221 e. The van der Waals surface area contributed by atoms with E-state index in [1.165, 1.54) is 51.4 Å².